The summed E-state index contributed by atoms with van der Waals surface area (Å²) < 4.78 is 7.46. The zero-order valence-corrected chi connectivity index (χ0v) is 16.4. The number of rotatable bonds is 4. The molecular formula is C23H23N5O. The van der Waals surface area contributed by atoms with Crippen LogP contribution >= 0.6 is 0 Å². The minimum absolute atomic E-state index is 0.899. The standard InChI is InChI=1S/C23H23N5O/c1-29-22-10-6-5-9-20(22)26-13-15-27(16-14-26)23-21-17-19(18-7-3-2-4-8-18)25-28(21)12-11-24-23/h2-12,17H,13-16H2,1H3. The molecule has 1 aliphatic rings. The fourth-order valence-corrected chi connectivity index (χ4v) is 3.95. The smallest absolute Gasteiger partial charge is 0.154 e. The molecule has 0 bridgehead atoms. The fraction of sp³-hybridized carbons (Fsp3) is 0.217. The number of methoxy groups -OCH3 is 1. The largest absolute Gasteiger partial charge is 0.495 e. The second-order valence-electron chi connectivity index (χ2n) is 7.12. The number of benzene rings is 2. The molecule has 0 spiro atoms. The molecule has 0 amide bonds. The molecule has 29 heavy (non-hydrogen) atoms. The summed E-state index contributed by atoms with van der Waals surface area (Å²) >= 11 is 0. The van der Waals surface area contributed by atoms with E-state index in [0.29, 0.717) is 0 Å². The van der Waals surface area contributed by atoms with E-state index in [1.54, 1.807) is 7.11 Å². The van der Waals surface area contributed by atoms with Crippen LogP contribution in [0.5, 0.6) is 5.75 Å². The molecule has 0 aliphatic carbocycles. The first-order chi connectivity index (χ1) is 14.3. The van der Waals surface area contributed by atoms with Crippen LogP contribution in [0.3, 0.4) is 0 Å². The van der Waals surface area contributed by atoms with Crippen molar-refractivity contribution in [2.75, 3.05) is 43.1 Å². The second kappa shape index (κ2) is 7.47. The summed E-state index contributed by atoms with van der Waals surface area (Å²) in [7, 11) is 1.73. The molecule has 146 valence electrons. The van der Waals surface area contributed by atoms with Gasteiger partial charge in [-0.25, -0.2) is 9.50 Å². The van der Waals surface area contributed by atoms with E-state index in [-0.39, 0.29) is 0 Å². The van der Waals surface area contributed by atoms with Crippen LogP contribution in [0.15, 0.2) is 73.1 Å². The molecule has 0 atom stereocenters. The number of para-hydroxylation sites is 2. The van der Waals surface area contributed by atoms with Gasteiger partial charge in [0.15, 0.2) is 5.82 Å². The van der Waals surface area contributed by atoms with E-state index in [0.717, 1.165) is 60.2 Å². The highest BCUT2D eigenvalue weighted by molar-refractivity contribution is 5.75. The molecule has 2 aromatic carbocycles. The quantitative estimate of drug-likeness (QED) is 0.536. The lowest BCUT2D eigenvalue weighted by Crippen LogP contribution is -2.47. The Hall–Kier alpha value is -3.54. The highest BCUT2D eigenvalue weighted by Crippen LogP contribution is 2.30. The van der Waals surface area contributed by atoms with E-state index in [9.17, 15) is 0 Å². The predicted octanol–water partition coefficient (Wildman–Crippen LogP) is 3.73. The van der Waals surface area contributed by atoms with Crippen LogP contribution in [0.25, 0.3) is 16.8 Å². The third kappa shape index (κ3) is 3.27. The Morgan fingerprint density at radius 2 is 1.59 bits per heavy atom. The first kappa shape index (κ1) is 17.6. The van der Waals surface area contributed by atoms with Crippen LogP contribution in [-0.4, -0.2) is 47.9 Å². The van der Waals surface area contributed by atoms with Crippen molar-refractivity contribution >= 4 is 17.0 Å². The molecule has 0 radical (unpaired) electrons. The van der Waals surface area contributed by atoms with Crippen molar-refractivity contribution in [2.24, 2.45) is 0 Å². The van der Waals surface area contributed by atoms with Crippen molar-refractivity contribution in [2.45, 2.75) is 0 Å². The molecule has 5 rings (SSSR count). The van der Waals surface area contributed by atoms with Gasteiger partial charge in [-0.2, -0.15) is 5.10 Å². The Kier molecular flexibility index (Phi) is 4.52. The maximum absolute atomic E-state index is 5.53. The van der Waals surface area contributed by atoms with Gasteiger partial charge in [0.05, 0.1) is 18.5 Å². The Balaban J connectivity index is 1.40. The number of fused-ring (bicyclic) bond motifs is 1. The van der Waals surface area contributed by atoms with Crippen LogP contribution in [0.1, 0.15) is 0 Å². The number of hydrogen-bond acceptors (Lipinski definition) is 5. The molecule has 1 fully saturated rings. The van der Waals surface area contributed by atoms with Gasteiger partial charge < -0.3 is 14.5 Å². The third-order valence-corrected chi connectivity index (χ3v) is 5.44. The minimum Gasteiger partial charge on any atom is -0.495 e. The number of anilines is 2. The summed E-state index contributed by atoms with van der Waals surface area (Å²) in [4.78, 5) is 9.41. The number of ether oxygens (including phenoxy) is 1. The fourth-order valence-electron chi connectivity index (χ4n) is 3.95. The van der Waals surface area contributed by atoms with Crippen LogP contribution < -0.4 is 14.5 Å². The number of aromatic nitrogens is 3. The van der Waals surface area contributed by atoms with Crippen LogP contribution in [0.2, 0.25) is 0 Å². The summed E-state index contributed by atoms with van der Waals surface area (Å²) in [6.45, 7) is 3.64. The van der Waals surface area contributed by atoms with Crippen LogP contribution in [0, 0.1) is 0 Å². The Morgan fingerprint density at radius 1 is 0.862 bits per heavy atom. The van der Waals surface area contributed by atoms with Gasteiger partial charge in [-0.3, -0.25) is 0 Å². The molecule has 0 N–H and O–H groups in total. The van der Waals surface area contributed by atoms with Gasteiger partial charge in [0.1, 0.15) is 11.3 Å². The molecule has 6 heteroatoms. The van der Waals surface area contributed by atoms with Gasteiger partial charge in [-0.1, -0.05) is 42.5 Å². The first-order valence-electron chi connectivity index (χ1n) is 9.86. The minimum atomic E-state index is 0.899. The van der Waals surface area contributed by atoms with Crippen molar-refractivity contribution in [1.29, 1.82) is 0 Å². The average molecular weight is 385 g/mol. The third-order valence-electron chi connectivity index (χ3n) is 5.44. The van der Waals surface area contributed by atoms with E-state index >= 15 is 0 Å². The van der Waals surface area contributed by atoms with Crippen molar-refractivity contribution in [3.63, 3.8) is 0 Å². The SMILES string of the molecule is COc1ccccc1N1CCN(c2nccn3nc(-c4ccccc4)cc23)CC1. The van der Waals surface area contributed by atoms with Gasteiger partial charge in [0.25, 0.3) is 0 Å². The van der Waals surface area contributed by atoms with E-state index in [1.807, 2.05) is 47.2 Å². The lowest BCUT2D eigenvalue weighted by Gasteiger charge is -2.37. The molecule has 6 nitrogen and oxygen atoms in total. The first-order valence-corrected chi connectivity index (χ1v) is 9.86. The maximum Gasteiger partial charge on any atom is 0.154 e. The van der Waals surface area contributed by atoms with Crippen molar-refractivity contribution in [1.82, 2.24) is 14.6 Å². The van der Waals surface area contributed by atoms with E-state index in [4.69, 9.17) is 14.8 Å². The zero-order chi connectivity index (χ0) is 19.6. The van der Waals surface area contributed by atoms with Crippen LogP contribution in [0.4, 0.5) is 11.5 Å². The number of hydrogen-bond donors (Lipinski definition) is 0. The van der Waals surface area contributed by atoms with Gasteiger partial charge in [-0.05, 0) is 18.2 Å². The molecule has 3 heterocycles. The molecule has 1 saturated heterocycles. The maximum atomic E-state index is 5.53. The Labute approximate surface area is 170 Å². The highest BCUT2D eigenvalue weighted by atomic mass is 16.5. The lowest BCUT2D eigenvalue weighted by atomic mass is 10.1. The van der Waals surface area contributed by atoms with Gasteiger partial charge >= 0.3 is 0 Å². The van der Waals surface area contributed by atoms with E-state index < -0.39 is 0 Å². The average Bonchev–Trinajstić information content (AvgIpc) is 3.24. The molecule has 0 saturated carbocycles. The summed E-state index contributed by atoms with van der Waals surface area (Å²) in [6, 6.07) is 20.6. The molecular weight excluding hydrogens is 362 g/mol. The normalized spacial score (nSPS) is 14.4. The van der Waals surface area contributed by atoms with Gasteiger partial charge in [0.2, 0.25) is 0 Å². The highest BCUT2D eigenvalue weighted by Gasteiger charge is 2.22. The van der Waals surface area contributed by atoms with E-state index in [1.165, 1.54) is 0 Å². The summed E-state index contributed by atoms with van der Waals surface area (Å²) in [5.41, 5.74) is 4.27. The summed E-state index contributed by atoms with van der Waals surface area (Å²) in [5, 5.41) is 4.75. The number of piperazine rings is 1. The molecule has 1 aliphatic heterocycles. The van der Waals surface area contributed by atoms with Gasteiger partial charge in [-0.15, -0.1) is 0 Å². The number of nitrogens with zero attached hydrogens (tertiary/aromatic N) is 5. The zero-order valence-electron chi connectivity index (χ0n) is 16.4. The summed E-state index contributed by atoms with van der Waals surface area (Å²) in [6.07, 6.45) is 3.74. The van der Waals surface area contributed by atoms with Gasteiger partial charge in [0, 0.05) is 44.1 Å². The van der Waals surface area contributed by atoms with Crippen molar-refractivity contribution < 1.29 is 4.74 Å². The lowest BCUT2D eigenvalue weighted by molar-refractivity contribution is 0.413. The second-order valence-corrected chi connectivity index (χ2v) is 7.12. The molecule has 4 aromatic rings. The molecule has 0 unspecified atom stereocenters. The van der Waals surface area contributed by atoms with Crippen LogP contribution in [-0.2, 0) is 0 Å². The van der Waals surface area contributed by atoms with Crippen molar-refractivity contribution in [3.8, 4) is 17.0 Å². The van der Waals surface area contributed by atoms with Crippen molar-refractivity contribution in [3.05, 3.63) is 73.1 Å². The Morgan fingerprint density at radius 3 is 2.38 bits per heavy atom. The summed E-state index contributed by atoms with van der Waals surface area (Å²) in [5.74, 6) is 1.91. The topological polar surface area (TPSA) is 45.9 Å². The Bertz CT molecular complexity index is 1120. The monoisotopic (exact) mass is 385 g/mol. The predicted molar refractivity (Wildman–Crippen MR) is 116 cm³/mol. The molecule has 2 aromatic heterocycles. The van der Waals surface area contributed by atoms with E-state index in [2.05, 4.69) is 40.1 Å².